The Bertz CT molecular complexity index is 879. The highest BCUT2D eigenvalue weighted by atomic mass is 19.1. The van der Waals surface area contributed by atoms with Gasteiger partial charge in [0, 0.05) is 12.6 Å². The third kappa shape index (κ3) is 6.29. The number of benzene rings is 2. The maximum absolute atomic E-state index is 13.9. The Balaban J connectivity index is 1.76. The normalized spacial score (nSPS) is 14.8. The van der Waals surface area contributed by atoms with E-state index in [1.54, 1.807) is 17.0 Å². The summed E-state index contributed by atoms with van der Waals surface area (Å²) in [4.78, 5) is 27.7. The zero-order valence-corrected chi connectivity index (χ0v) is 18.3. The van der Waals surface area contributed by atoms with Crippen molar-refractivity contribution in [3.63, 3.8) is 0 Å². The molecule has 1 atom stereocenters. The number of carbonyl (C=O) groups excluding carboxylic acids is 2. The molecule has 0 spiro atoms. The van der Waals surface area contributed by atoms with Crippen LogP contribution >= 0.6 is 0 Å². The van der Waals surface area contributed by atoms with Gasteiger partial charge in [-0.2, -0.15) is 0 Å². The number of nitrogens with one attached hydrogen (secondary N) is 1. The van der Waals surface area contributed by atoms with E-state index in [1.165, 1.54) is 12.1 Å². The Kier molecular flexibility index (Phi) is 8.04. The van der Waals surface area contributed by atoms with E-state index in [9.17, 15) is 14.0 Å². The molecule has 0 saturated heterocycles. The van der Waals surface area contributed by atoms with Crippen LogP contribution < -0.4 is 10.1 Å². The Morgan fingerprint density at radius 1 is 1.13 bits per heavy atom. The standard InChI is InChI=1S/C25H31FN2O3/c1-3-22(25(30)27-20-8-4-5-9-20)28(16-19-14-12-18(2)13-15-19)24(29)17-31-23-11-7-6-10-21(23)26/h6-7,10-15,20,22H,3-5,8-9,16-17H2,1-2H3,(H,27,30)/t22-/m0/s1. The van der Waals surface area contributed by atoms with Crippen molar-refractivity contribution in [2.75, 3.05) is 6.61 Å². The van der Waals surface area contributed by atoms with Crippen LogP contribution in [0.25, 0.3) is 0 Å². The molecule has 5 nitrogen and oxygen atoms in total. The molecule has 2 amide bonds. The quantitative estimate of drug-likeness (QED) is 0.647. The number of ether oxygens (including phenoxy) is 1. The first kappa shape index (κ1) is 22.8. The lowest BCUT2D eigenvalue weighted by atomic mass is 10.1. The van der Waals surface area contributed by atoms with E-state index in [1.807, 2.05) is 38.1 Å². The van der Waals surface area contributed by atoms with Gasteiger partial charge >= 0.3 is 0 Å². The summed E-state index contributed by atoms with van der Waals surface area (Å²) in [6.07, 6.45) is 4.67. The van der Waals surface area contributed by atoms with Gasteiger partial charge in [0.2, 0.25) is 5.91 Å². The predicted octanol–water partition coefficient (Wildman–Crippen LogP) is 4.38. The number of carbonyl (C=O) groups is 2. The molecule has 1 aliphatic rings. The SMILES string of the molecule is CC[C@@H](C(=O)NC1CCCC1)N(Cc1ccc(C)cc1)C(=O)COc1ccccc1F. The summed E-state index contributed by atoms with van der Waals surface area (Å²) in [5, 5.41) is 3.11. The van der Waals surface area contributed by atoms with Crippen LogP contribution in [0, 0.1) is 12.7 Å². The van der Waals surface area contributed by atoms with Crippen LogP contribution in [0.15, 0.2) is 48.5 Å². The van der Waals surface area contributed by atoms with Gasteiger partial charge in [0.1, 0.15) is 6.04 Å². The summed E-state index contributed by atoms with van der Waals surface area (Å²) >= 11 is 0. The van der Waals surface area contributed by atoms with Crippen LogP contribution in [-0.2, 0) is 16.1 Å². The number of halogens is 1. The number of hydrogen-bond acceptors (Lipinski definition) is 3. The first-order chi connectivity index (χ1) is 15.0. The van der Waals surface area contributed by atoms with Crippen LogP contribution in [0.1, 0.15) is 50.2 Å². The van der Waals surface area contributed by atoms with Gasteiger partial charge in [0.05, 0.1) is 0 Å². The van der Waals surface area contributed by atoms with Gasteiger partial charge in [-0.3, -0.25) is 9.59 Å². The van der Waals surface area contributed by atoms with Crippen molar-refractivity contribution in [3.05, 3.63) is 65.5 Å². The fourth-order valence-electron chi connectivity index (χ4n) is 3.96. The van der Waals surface area contributed by atoms with Crippen molar-refractivity contribution >= 4 is 11.8 Å². The van der Waals surface area contributed by atoms with Gasteiger partial charge in [-0.15, -0.1) is 0 Å². The van der Waals surface area contributed by atoms with E-state index in [-0.39, 0.29) is 36.8 Å². The fraction of sp³-hybridized carbons (Fsp3) is 0.440. The molecule has 0 aliphatic heterocycles. The van der Waals surface area contributed by atoms with Crippen LogP contribution in [0.3, 0.4) is 0 Å². The van der Waals surface area contributed by atoms with E-state index in [4.69, 9.17) is 4.74 Å². The molecule has 1 N–H and O–H groups in total. The highest BCUT2D eigenvalue weighted by molar-refractivity contribution is 5.88. The van der Waals surface area contributed by atoms with Crippen molar-refractivity contribution in [1.82, 2.24) is 10.2 Å². The van der Waals surface area contributed by atoms with Crippen LogP contribution in [0.2, 0.25) is 0 Å². The number of para-hydroxylation sites is 1. The zero-order chi connectivity index (χ0) is 22.2. The minimum absolute atomic E-state index is 0.0228. The summed E-state index contributed by atoms with van der Waals surface area (Å²) < 4.78 is 19.3. The Hall–Kier alpha value is -2.89. The number of rotatable bonds is 9. The Morgan fingerprint density at radius 3 is 2.45 bits per heavy atom. The Labute approximate surface area is 183 Å². The van der Waals surface area contributed by atoms with Crippen molar-refractivity contribution in [2.24, 2.45) is 0 Å². The van der Waals surface area contributed by atoms with E-state index in [2.05, 4.69) is 5.32 Å². The smallest absolute Gasteiger partial charge is 0.261 e. The van der Waals surface area contributed by atoms with Gasteiger partial charge in [-0.05, 0) is 43.9 Å². The molecule has 1 aliphatic carbocycles. The first-order valence-electron chi connectivity index (χ1n) is 11.0. The lowest BCUT2D eigenvalue weighted by Crippen LogP contribution is -2.52. The highest BCUT2D eigenvalue weighted by Crippen LogP contribution is 2.20. The second-order valence-corrected chi connectivity index (χ2v) is 8.14. The lowest BCUT2D eigenvalue weighted by molar-refractivity contribution is -0.143. The van der Waals surface area contributed by atoms with Gasteiger partial charge in [0.15, 0.2) is 18.2 Å². The number of aryl methyl sites for hydroxylation is 1. The molecule has 3 rings (SSSR count). The monoisotopic (exact) mass is 426 g/mol. The number of amides is 2. The van der Waals surface area contributed by atoms with Crippen molar-refractivity contribution < 1.29 is 18.7 Å². The molecule has 0 aromatic heterocycles. The van der Waals surface area contributed by atoms with E-state index >= 15 is 0 Å². The summed E-state index contributed by atoms with van der Waals surface area (Å²) in [6.45, 7) is 3.85. The van der Waals surface area contributed by atoms with Gasteiger partial charge in [-0.1, -0.05) is 61.7 Å². The average molecular weight is 427 g/mol. The largest absolute Gasteiger partial charge is 0.481 e. The molecule has 0 unspecified atom stereocenters. The summed E-state index contributed by atoms with van der Waals surface area (Å²) in [5.74, 6) is -0.987. The van der Waals surface area contributed by atoms with Gasteiger partial charge in [-0.25, -0.2) is 4.39 Å². The molecule has 0 radical (unpaired) electrons. The second kappa shape index (κ2) is 10.9. The molecular formula is C25H31FN2O3. The van der Waals surface area contributed by atoms with E-state index in [0.717, 1.165) is 36.8 Å². The third-order valence-electron chi connectivity index (χ3n) is 5.75. The van der Waals surface area contributed by atoms with Crippen LogP contribution in [-0.4, -0.2) is 35.4 Å². The molecule has 1 fully saturated rings. The highest BCUT2D eigenvalue weighted by Gasteiger charge is 2.31. The van der Waals surface area contributed by atoms with E-state index < -0.39 is 11.9 Å². The second-order valence-electron chi connectivity index (χ2n) is 8.14. The molecule has 0 bridgehead atoms. The summed E-state index contributed by atoms with van der Waals surface area (Å²) in [6, 6.07) is 13.4. The van der Waals surface area contributed by atoms with Crippen LogP contribution in [0.5, 0.6) is 5.75 Å². The molecule has 6 heteroatoms. The van der Waals surface area contributed by atoms with Crippen molar-refractivity contribution in [1.29, 1.82) is 0 Å². The van der Waals surface area contributed by atoms with Gasteiger partial charge in [0.25, 0.3) is 5.91 Å². The molecular weight excluding hydrogens is 395 g/mol. The molecule has 1 saturated carbocycles. The van der Waals surface area contributed by atoms with Crippen molar-refractivity contribution in [3.8, 4) is 5.75 Å². The first-order valence-corrected chi connectivity index (χ1v) is 11.0. The van der Waals surface area contributed by atoms with Gasteiger partial charge < -0.3 is 15.0 Å². The lowest BCUT2D eigenvalue weighted by Gasteiger charge is -2.31. The maximum Gasteiger partial charge on any atom is 0.261 e. The van der Waals surface area contributed by atoms with E-state index in [0.29, 0.717) is 6.42 Å². The molecule has 2 aromatic rings. The fourth-order valence-corrected chi connectivity index (χ4v) is 3.96. The molecule has 0 heterocycles. The number of nitrogens with zero attached hydrogens (tertiary/aromatic N) is 1. The topological polar surface area (TPSA) is 58.6 Å². The summed E-state index contributed by atoms with van der Waals surface area (Å²) in [7, 11) is 0. The maximum atomic E-state index is 13.9. The van der Waals surface area contributed by atoms with Crippen LogP contribution in [0.4, 0.5) is 4.39 Å². The average Bonchev–Trinajstić information content (AvgIpc) is 3.27. The van der Waals surface area contributed by atoms with Crippen molar-refractivity contribution in [2.45, 2.75) is 64.6 Å². The minimum atomic E-state index is -0.612. The zero-order valence-electron chi connectivity index (χ0n) is 18.3. The number of hydrogen-bond donors (Lipinski definition) is 1. The third-order valence-corrected chi connectivity index (χ3v) is 5.75. The minimum Gasteiger partial charge on any atom is -0.481 e. The Morgan fingerprint density at radius 2 is 1.81 bits per heavy atom. The molecule has 31 heavy (non-hydrogen) atoms. The molecule has 166 valence electrons. The molecule has 2 aromatic carbocycles. The predicted molar refractivity (Wildman–Crippen MR) is 118 cm³/mol. The summed E-state index contributed by atoms with van der Waals surface area (Å²) in [5.41, 5.74) is 2.05.